The molecule has 1 aromatic carbocycles. The van der Waals surface area contributed by atoms with Crippen molar-refractivity contribution in [3.8, 4) is 0 Å². The highest BCUT2D eigenvalue weighted by Crippen LogP contribution is 2.42. The standard InChI is InChI=1S/C16H15ClN2O3S/c1-2-22-16(21)15-12-7-5-9-18(12)23-13-8-4-3-6-11(13)19(15)14(20)10-17/h3-9,15H,2,10H2,1H3. The number of ether oxygens (including phenoxy) is 1. The van der Waals surface area contributed by atoms with Crippen LogP contribution in [0, 0.1) is 0 Å². The van der Waals surface area contributed by atoms with Crippen molar-refractivity contribution >= 4 is 41.1 Å². The van der Waals surface area contributed by atoms with E-state index in [1.54, 1.807) is 6.92 Å². The van der Waals surface area contributed by atoms with E-state index in [1.165, 1.54) is 16.8 Å². The van der Waals surface area contributed by atoms with Gasteiger partial charge in [-0.3, -0.25) is 13.7 Å². The summed E-state index contributed by atoms with van der Waals surface area (Å²) in [6.45, 7) is 1.98. The van der Waals surface area contributed by atoms with Gasteiger partial charge in [-0.2, -0.15) is 0 Å². The molecule has 0 aliphatic carbocycles. The molecule has 120 valence electrons. The molecule has 1 unspecified atom stereocenters. The molecule has 1 aliphatic heterocycles. The van der Waals surface area contributed by atoms with Crippen LogP contribution < -0.4 is 4.90 Å². The zero-order valence-corrected chi connectivity index (χ0v) is 14.0. The van der Waals surface area contributed by atoms with Gasteiger partial charge in [0.25, 0.3) is 0 Å². The molecule has 0 saturated carbocycles. The Labute approximate surface area is 143 Å². The lowest BCUT2D eigenvalue weighted by atomic mass is 10.1. The number of fused-ring (bicyclic) bond motifs is 2. The fraction of sp³-hybridized carbons (Fsp3) is 0.250. The van der Waals surface area contributed by atoms with Crippen molar-refractivity contribution < 1.29 is 14.3 Å². The molecule has 0 bridgehead atoms. The van der Waals surface area contributed by atoms with Crippen molar-refractivity contribution in [1.82, 2.24) is 3.97 Å². The smallest absolute Gasteiger partial charge is 0.335 e. The van der Waals surface area contributed by atoms with Gasteiger partial charge in [0.1, 0.15) is 5.88 Å². The Morgan fingerprint density at radius 3 is 2.78 bits per heavy atom. The van der Waals surface area contributed by atoms with Gasteiger partial charge in [0.2, 0.25) is 5.91 Å². The maximum atomic E-state index is 12.6. The van der Waals surface area contributed by atoms with E-state index in [2.05, 4.69) is 0 Å². The SMILES string of the molecule is CCOC(=O)C1c2cccn2Sc2ccccc2N1C(=O)CCl. The van der Waals surface area contributed by atoms with Crippen molar-refractivity contribution in [2.24, 2.45) is 0 Å². The van der Waals surface area contributed by atoms with Gasteiger partial charge in [0, 0.05) is 6.20 Å². The summed E-state index contributed by atoms with van der Waals surface area (Å²) in [7, 11) is 0. The summed E-state index contributed by atoms with van der Waals surface area (Å²) >= 11 is 7.25. The minimum Gasteiger partial charge on any atom is -0.464 e. The topological polar surface area (TPSA) is 51.5 Å². The van der Waals surface area contributed by atoms with Gasteiger partial charge in [0.05, 0.1) is 22.9 Å². The number of esters is 1. The van der Waals surface area contributed by atoms with Crippen LogP contribution in [0.5, 0.6) is 0 Å². The molecule has 0 spiro atoms. The van der Waals surface area contributed by atoms with Gasteiger partial charge in [-0.05, 0) is 43.1 Å². The Hall–Kier alpha value is -1.92. The highest BCUT2D eigenvalue weighted by atomic mass is 35.5. The van der Waals surface area contributed by atoms with Crippen molar-refractivity contribution in [3.05, 3.63) is 48.3 Å². The van der Waals surface area contributed by atoms with E-state index < -0.39 is 12.0 Å². The lowest BCUT2D eigenvalue weighted by Crippen LogP contribution is -2.41. The van der Waals surface area contributed by atoms with Crippen LogP contribution in [0.15, 0.2) is 47.5 Å². The largest absolute Gasteiger partial charge is 0.464 e. The van der Waals surface area contributed by atoms with E-state index in [-0.39, 0.29) is 18.4 Å². The first-order valence-electron chi connectivity index (χ1n) is 7.16. The van der Waals surface area contributed by atoms with Gasteiger partial charge >= 0.3 is 5.97 Å². The van der Waals surface area contributed by atoms with E-state index in [0.29, 0.717) is 11.4 Å². The number of aromatic nitrogens is 1. The molecular formula is C16H15ClN2O3S. The molecule has 5 nitrogen and oxygen atoms in total. The van der Waals surface area contributed by atoms with E-state index >= 15 is 0 Å². The number of para-hydroxylation sites is 1. The summed E-state index contributed by atoms with van der Waals surface area (Å²) in [4.78, 5) is 27.4. The third-order valence-electron chi connectivity index (χ3n) is 3.50. The van der Waals surface area contributed by atoms with Crippen LogP contribution in [0.25, 0.3) is 0 Å². The van der Waals surface area contributed by atoms with E-state index in [0.717, 1.165) is 4.90 Å². The molecule has 1 amide bonds. The second kappa shape index (κ2) is 6.68. The van der Waals surface area contributed by atoms with Crippen LogP contribution in [-0.4, -0.2) is 28.3 Å². The number of alkyl halides is 1. The highest BCUT2D eigenvalue weighted by Gasteiger charge is 2.38. The number of anilines is 1. The number of carbonyl (C=O) groups is 2. The molecule has 7 heteroatoms. The predicted molar refractivity (Wildman–Crippen MR) is 89.7 cm³/mol. The molecule has 2 aromatic rings. The molecule has 0 N–H and O–H groups in total. The monoisotopic (exact) mass is 350 g/mol. The quantitative estimate of drug-likeness (QED) is 0.630. The Balaban J connectivity index is 2.21. The molecule has 0 saturated heterocycles. The second-order valence-electron chi connectivity index (χ2n) is 4.87. The normalized spacial score (nSPS) is 16.3. The fourth-order valence-corrected chi connectivity index (χ4v) is 3.71. The van der Waals surface area contributed by atoms with Crippen LogP contribution in [-0.2, 0) is 14.3 Å². The summed E-state index contributed by atoms with van der Waals surface area (Å²) in [5.74, 6) is -1.02. The molecule has 1 aliphatic rings. The summed E-state index contributed by atoms with van der Waals surface area (Å²) < 4.78 is 7.08. The Morgan fingerprint density at radius 1 is 1.26 bits per heavy atom. The second-order valence-corrected chi connectivity index (χ2v) is 6.15. The van der Waals surface area contributed by atoms with E-state index in [4.69, 9.17) is 16.3 Å². The number of carbonyl (C=O) groups excluding carboxylic acids is 2. The predicted octanol–water partition coefficient (Wildman–Crippen LogP) is 3.23. The first-order valence-corrected chi connectivity index (χ1v) is 8.47. The van der Waals surface area contributed by atoms with Crippen molar-refractivity contribution in [2.75, 3.05) is 17.4 Å². The molecule has 0 radical (unpaired) electrons. The number of nitrogens with zero attached hydrogens (tertiary/aromatic N) is 2. The molecule has 1 aromatic heterocycles. The molecule has 23 heavy (non-hydrogen) atoms. The van der Waals surface area contributed by atoms with Crippen molar-refractivity contribution in [2.45, 2.75) is 17.9 Å². The van der Waals surface area contributed by atoms with Gasteiger partial charge < -0.3 is 4.74 Å². The van der Waals surface area contributed by atoms with Crippen LogP contribution >= 0.6 is 23.5 Å². The fourth-order valence-electron chi connectivity index (χ4n) is 2.57. The lowest BCUT2D eigenvalue weighted by Gasteiger charge is -2.28. The zero-order chi connectivity index (χ0) is 16.4. The molecule has 0 fully saturated rings. The summed E-state index contributed by atoms with van der Waals surface area (Å²) in [5, 5.41) is 0. The summed E-state index contributed by atoms with van der Waals surface area (Å²) in [6.07, 6.45) is 1.86. The van der Waals surface area contributed by atoms with Gasteiger partial charge in [-0.15, -0.1) is 11.6 Å². The highest BCUT2D eigenvalue weighted by molar-refractivity contribution is 7.98. The van der Waals surface area contributed by atoms with Gasteiger partial charge in [0.15, 0.2) is 6.04 Å². The van der Waals surface area contributed by atoms with E-state index in [1.807, 2.05) is 46.6 Å². The number of benzene rings is 1. The van der Waals surface area contributed by atoms with Crippen molar-refractivity contribution in [1.29, 1.82) is 0 Å². The van der Waals surface area contributed by atoms with Crippen LogP contribution in [0.3, 0.4) is 0 Å². The summed E-state index contributed by atoms with van der Waals surface area (Å²) in [5.41, 5.74) is 1.34. The molecule has 3 rings (SSSR count). The first kappa shape index (κ1) is 16.0. The number of amides is 1. The maximum Gasteiger partial charge on any atom is 0.335 e. The minimum absolute atomic E-state index is 0.213. The third-order valence-corrected chi connectivity index (χ3v) is 4.80. The zero-order valence-electron chi connectivity index (χ0n) is 12.4. The average molecular weight is 351 g/mol. The van der Waals surface area contributed by atoms with Crippen LogP contribution in [0.1, 0.15) is 18.7 Å². The third kappa shape index (κ3) is 2.84. The Kier molecular flexibility index (Phi) is 4.63. The van der Waals surface area contributed by atoms with Crippen LogP contribution in [0.2, 0.25) is 0 Å². The minimum atomic E-state index is -0.854. The molecule has 1 atom stereocenters. The molecule has 2 heterocycles. The van der Waals surface area contributed by atoms with E-state index in [9.17, 15) is 9.59 Å². The number of rotatable bonds is 3. The summed E-state index contributed by atoms with van der Waals surface area (Å²) in [6, 6.07) is 10.2. The number of halogens is 1. The Morgan fingerprint density at radius 2 is 2.04 bits per heavy atom. The number of hydrogen-bond donors (Lipinski definition) is 0. The van der Waals surface area contributed by atoms with Gasteiger partial charge in [-0.1, -0.05) is 12.1 Å². The first-order chi connectivity index (χ1) is 11.2. The Bertz CT molecular complexity index is 746. The van der Waals surface area contributed by atoms with Gasteiger partial charge in [-0.25, -0.2) is 4.79 Å². The number of hydrogen-bond acceptors (Lipinski definition) is 4. The molecular weight excluding hydrogens is 336 g/mol. The lowest BCUT2D eigenvalue weighted by molar-refractivity contribution is -0.146. The van der Waals surface area contributed by atoms with Crippen LogP contribution in [0.4, 0.5) is 5.69 Å². The maximum absolute atomic E-state index is 12.6. The van der Waals surface area contributed by atoms with Crippen molar-refractivity contribution in [3.63, 3.8) is 0 Å². The average Bonchev–Trinajstić information content (AvgIpc) is 2.95.